The summed E-state index contributed by atoms with van der Waals surface area (Å²) < 4.78 is 40.8. The van der Waals surface area contributed by atoms with E-state index in [9.17, 15) is 58.6 Å². The second-order valence-corrected chi connectivity index (χ2v) is 25.9. The molecule has 4 aliphatic rings. The quantitative estimate of drug-likeness (QED) is 0.0274. The number of pyridine rings is 1. The summed E-state index contributed by atoms with van der Waals surface area (Å²) in [5.41, 5.74) is 8.82. The summed E-state index contributed by atoms with van der Waals surface area (Å²) in [5.74, 6) is -2.00. The van der Waals surface area contributed by atoms with Crippen LogP contribution in [0.25, 0.3) is 56.2 Å². The number of carbonyl (C=O) groups excluding carboxylic acids is 3. The van der Waals surface area contributed by atoms with Gasteiger partial charge in [-0.3, -0.25) is 19.4 Å². The Kier molecular flexibility index (Phi) is 27.7. The van der Waals surface area contributed by atoms with Gasteiger partial charge in [-0.05, 0) is 143 Å². The summed E-state index contributed by atoms with van der Waals surface area (Å²) >= 11 is 0. The number of halogens is 2. The van der Waals surface area contributed by atoms with Crippen LogP contribution in [0.4, 0.5) is 8.78 Å². The number of nitrogens with zero attached hydrogens (tertiary/aromatic N) is 2. The molecule has 93 heavy (non-hydrogen) atoms. The van der Waals surface area contributed by atoms with Crippen molar-refractivity contribution in [3.05, 3.63) is 162 Å². The minimum Gasteiger partial charge on any atom is -0.550 e. The van der Waals surface area contributed by atoms with Gasteiger partial charge in [0.1, 0.15) is 23.8 Å². The number of esters is 2. The number of aromatic nitrogens is 2. The fraction of sp³-hybridized carbons (Fsp3) is 0.453. The Hall–Kier alpha value is -6.67. The van der Waals surface area contributed by atoms with E-state index in [-0.39, 0.29) is 104 Å². The predicted octanol–water partition coefficient (Wildman–Crippen LogP) is 10.0. The first-order valence-corrected chi connectivity index (χ1v) is 31.9. The number of allylic oxidation sites excluding steroid dienone is 3. The normalized spacial score (nSPS) is 21.6. The first-order chi connectivity index (χ1) is 43.3. The Morgan fingerprint density at radius 2 is 1.39 bits per heavy atom. The van der Waals surface area contributed by atoms with Crippen LogP contribution in [0.2, 0.25) is 0 Å². The maximum absolute atomic E-state index is 13.6. The number of aliphatic hydroxyl groups is 5. The molecule has 3 aliphatic carbocycles. The van der Waals surface area contributed by atoms with Gasteiger partial charge < -0.3 is 54.6 Å². The number of carboxylic acids is 2. The Morgan fingerprint density at radius 3 is 1.97 bits per heavy atom. The van der Waals surface area contributed by atoms with Crippen LogP contribution in [0.3, 0.4) is 0 Å². The monoisotopic (exact) mass is 1290 g/mol. The van der Waals surface area contributed by atoms with E-state index >= 15 is 0 Å². The van der Waals surface area contributed by atoms with Crippen LogP contribution in [0.15, 0.2) is 133 Å². The van der Waals surface area contributed by atoms with Gasteiger partial charge in [0.25, 0.3) is 0 Å². The molecule has 2 aromatic heterocycles. The molecular formula is C75H91F2N2NaO13. The van der Waals surface area contributed by atoms with Crippen LogP contribution in [-0.4, -0.2) is 107 Å². The zero-order valence-electron chi connectivity index (χ0n) is 54.0. The van der Waals surface area contributed by atoms with E-state index in [4.69, 9.17) is 19.6 Å². The second-order valence-electron chi connectivity index (χ2n) is 25.9. The molecule has 1 saturated heterocycles. The summed E-state index contributed by atoms with van der Waals surface area (Å²) in [4.78, 5) is 50.8. The van der Waals surface area contributed by atoms with Crippen molar-refractivity contribution in [2.45, 2.75) is 188 Å². The Labute approximate surface area is 567 Å². The van der Waals surface area contributed by atoms with Crippen molar-refractivity contribution >= 4 is 57.8 Å². The molecule has 0 amide bonds. The van der Waals surface area contributed by atoms with E-state index in [1.807, 2.05) is 69.3 Å². The van der Waals surface area contributed by atoms with Crippen molar-refractivity contribution in [1.82, 2.24) is 9.55 Å². The molecule has 6 aromatic rings. The zero-order chi connectivity index (χ0) is 65.8. The van der Waals surface area contributed by atoms with Crippen molar-refractivity contribution in [2.24, 2.45) is 29.1 Å². The van der Waals surface area contributed by atoms with Gasteiger partial charge in [0, 0.05) is 88.2 Å². The molecule has 3 heterocycles. The first kappa shape index (κ1) is 75.4. The fourth-order valence-electron chi connectivity index (χ4n) is 12.7. The molecule has 0 spiro atoms. The second kappa shape index (κ2) is 34.1. The Morgan fingerprint density at radius 1 is 0.806 bits per heavy atom. The number of hydrogen-bond acceptors (Lipinski definition) is 13. The van der Waals surface area contributed by atoms with Crippen molar-refractivity contribution in [2.75, 3.05) is 0 Å². The molecule has 15 nitrogen and oxygen atoms in total. The van der Waals surface area contributed by atoms with E-state index < -0.39 is 60.7 Å². The predicted molar refractivity (Wildman–Crippen MR) is 352 cm³/mol. The third kappa shape index (κ3) is 20.2. The van der Waals surface area contributed by atoms with Gasteiger partial charge in [-0.25, -0.2) is 8.78 Å². The van der Waals surface area contributed by atoms with Crippen LogP contribution in [0.1, 0.15) is 162 Å². The summed E-state index contributed by atoms with van der Waals surface area (Å²) in [6.45, 7) is 14.4. The molecule has 0 radical (unpaired) electrons. The average Bonchev–Trinajstić information content (AvgIpc) is 1.76. The number of carboxylic acid groups (broad SMARTS) is 2. The van der Waals surface area contributed by atoms with Crippen LogP contribution >= 0.6 is 0 Å². The molecule has 1 aliphatic heterocycles. The maximum Gasteiger partial charge on any atom is 1.00 e. The van der Waals surface area contributed by atoms with Crippen LogP contribution in [0, 0.1) is 40.7 Å². The van der Waals surface area contributed by atoms with Crippen LogP contribution < -0.4 is 34.7 Å². The number of aliphatic carboxylic acids is 2. The molecule has 11 atom stereocenters. The van der Waals surface area contributed by atoms with Gasteiger partial charge >= 0.3 is 47.5 Å². The number of fused-ring (bicyclic) bond motifs is 3. The van der Waals surface area contributed by atoms with Crippen LogP contribution in [0.5, 0.6) is 0 Å². The number of hydrogen-bond donors (Lipinski definition) is 6. The molecule has 4 aromatic carbocycles. The molecule has 0 bridgehead atoms. The van der Waals surface area contributed by atoms with Crippen molar-refractivity contribution in [3.63, 3.8) is 0 Å². The fourth-order valence-corrected chi connectivity index (χ4v) is 12.7. The number of aliphatic hydroxyl groups excluding tert-OH is 5. The largest absolute Gasteiger partial charge is 1.00 e. The number of ether oxygens (including phenoxy) is 2. The maximum atomic E-state index is 13.6. The smallest absolute Gasteiger partial charge is 0.550 e. The number of rotatable bonds is 22. The Balaban J connectivity index is 0.000000219. The Bertz CT molecular complexity index is 3630. The number of cyclic esters (lactones) is 1. The van der Waals surface area contributed by atoms with E-state index in [1.54, 1.807) is 48.6 Å². The molecule has 494 valence electrons. The molecule has 1 saturated carbocycles. The summed E-state index contributed by atoms with van der Waals surface area (Å²) in [6.07, 6.45) is 12.9. The summed E-state index contributed by atoms with van der Waals surface area (Å²) in [5, 5.41) is 71.4. The van der Waals surface area contributed by atoms with Gasteiger partial charge in [-0.15, -0.1) is 0 Å². The molecular weight excluding hydrogens is 1200 g/mol. The standard InChI is InChI=1S/C25H24FNO4.C25H38O5.C24H26FNO4.CH4.Na/c26-17-9-7-15(8-10-17)24-20-3-1-2-4-22(20)27-25(16-5-6-16)21(24)12-11-18(28)13-19(29)14-23(30)31;1-6-25(4,5)24(28)30-21-12-15(2)11-17-8-7-16(3)20(23(17)21)10-9-19-13-18(26)14-22(27)29-19;1-15(2)26-21-6-4-3-5-20(21)24(16-7-9-17(25)10-8-16)22(26)12-11-18(27)13-19(28)14-23(29)30;;/h1-4,7-12,16,18-19,28-29H,5-6,13-14H2,(H,30,31);7-8,11,15-16,18-21,23,26H,6,9-10,12-14H2,1-5H3;3-12,15,18-19,27-28H,13-14H2,1-2H3,(H,29,30);1H4;/q;;;;+1/p-1/b12-11+;;12-11+;;/t18-,19-;15-,16-,18+,19+,20-,21-,23-;18-,19-;;/m101../s1. The summed E-state index contributed by atoms with van der Waals surface area (Å²) in [6, 6.07) is 28.4. The van der Waals surface area contributed by atoms with Gasteiger partial charge in [-0.1, -0.05) is 125 Å². The van der Waals surface area contributed by atoms with E-state index in [0.717, 1.165) is 99.5 Å². The average molecular weight is 1290 g/mol. The molecule has 18 heteroatoms. The van der Waals surface area contributed by atoms with Crippen molar-refractivity contribution in [3.8, 4) is 22.3 Å². The van der Waals surface area contributed by atoms with Gasteiger partial charge in [0.2, 0.25) is 0 Å². The molecule has 6 N–H and O–H groups in total. The third-order valence-corrected chi connectivity index (χ3v) is 17.8. The van der Waals surface area contributed by atoms with Gasteiger partial charge in [0.05, 0.1) is 60.0 Å². The zero-order valence-corrected chi connectivity index (χ0v) is 56.0. The number of benzene rings is 4. The topological polar surface area (TPSA) is 249 Å². The van der Waals surface area contributed by atoms with Crippen LogP contribution in [-0.2, 0) is 28.7 Å². The molecule has 0 unspecified atom stereocenters. The molecule has 10 rings (SSSR count). The molecule has 2 fully saturated rings. The minimum absolute atomic E-state index is 0. The minimum atomic E-state index is -1.36. The SMILES string of the molecule is C.CC(C)n1c(/C=C/[C@@H](O)C[C@@H](O)CC(=O)[O-])c(-c2ccc(F)cc2)c2ccccc21.CCC(C)(C)C(=O)O[C@H]1C[C@@H](C)C=C2C=C[C@H](C)[C@H](CC[C@@H]3C[C@@H](O)CC(=O)O3)[C@H]21.O=C(O)C[C@H](O)C[C@H](O)/C=C/c1c(C2CC2)nc2ccccc2c1-c1ccc(F)cc1.[Na+]. The van der Waals surface area contributed by atoms with Gasteiger partial charge in [-0.2, -0.15) is 0 Å². The summed E-state index contributed by atoms with van der Waals surface area (Å²) in [7, 11) is 0. The first-order valence-electron chi connectivity index (χ1n) is 31.9. The van der Waals surface area contributed by atoms with Crippen molar-refractivity contribution < 1.29 is 103 Å². The third-order valence-electron chi connectivity index (χ3n) is 17.8. The van der Waals surface area contributed by atoms with E-state index in [0.29, 0.717) is 30.1 Å². The van der Waals surface area contributed by atoms with E-state index in [2.05, 4.69) is 50.5 Å². The van der Waals surface area contributed by atoms with Gasteiger partial charge in [0.15, 0.2) is 0 Å². The number of para-hydroxylation sites is 2. The van der Waals surface area contributed by atoms with Crippen molar-refractivity contribution in [1.29, 1.82) is 0 Å². The van der Waals surface area contributed by atoms with E-state index in [1.165, 1.54) is 29.8 Å². The number of carbonyl (C=O) groups is 4.